The highest BCUT2D eigenvalue weighted by Crippen LogP contribution is 2.37. The van der Waals surface area contributed by atoms with E-state index < -0.39 is 89.6 Å². The summed E-state index contributed by atoms with van der Waals surface area (Å²) >= 11 is 0. The van der Waals surface area contributed by atoms with E-state index in [1.54, 1.807) is 91.0 Å². The molecular formula is C36H27N. The predicted octanol–water partition coefficient (Wildman–Crippen LogP) is 10.2. The van der Waals surface area contributed by atoms with Crippen LogP contribution in [0.2, 0.25) is 0 Å². The van der Waals surface area contributed by atoms with Gasteiger partial charge >= 0.3 is 0 Å². The Bertz CT molecular complexity index is 1900. The summed E-state index contributed by atoms with van der Waals surface area (Å²) in [5, 5.41) is 0. The summed E-state index contributed by atoms with van der Waals surface area (Å²) in [6.07, 6.45) is 0. The fourth-order valence-electron chi connectivity index (χ4n) is 3.84. The van der Waals surface area contributed by atoms with Gasteiger partial charge in [0.25, 0.3) is 0 Å². The molecule has 37 heavy (non-hydrogen) atoms. The number of nitrogens with zero attached hydrogens (tertiary/aromatic N) is 1. The van der Waals surface area contributed by atoms with Crippen LogP contribution in [0.5, 0.6) is 0 Å². The molecule has 6 rings (SSSR count). The van der Waals surface area contributed by atoms with E-state index in [1.807, 2.05) is 0 Å². The van der Waals surface area contributed by atoms with Crippen molar-refractivity contribution in [3.05, 3.63) is 164 Å². The molecule has 0 heterocycles. The molecule has 0 saturated heterocycles. The maximum atomic E-state index is 9.14. The van der Waals surface area contributed by atoms with Crippen LogP contribution in [0.25, 0.3) is 33.4 Å². The average Bonchev–Trinajstić information content (AvgIpc) is 3.11. The molecule has 0 atom stereocenters. The molecular weight excluding hydrogens is 446 g/mol. The Morgan fingerprint density at radius 1 is 0.297 bits per heavy atom. The minimum Gasteiger partial charge on any atom is -0.311 e. The lowest BCUT2D eigenvalue weighted by Gasteiger charge is -2.26. The molecule has 0 aliphatic rings. The summed E-state index contributed by atoms with van der Waals surface area (Å²) in [4.78, 5) is 0.820. The lowest BCUT2D eigenvalue weighted by atomic mass is 10.0. The predicted molar refractivity (Wildman–Crippen MR) is 157 cm³/mol. The lowest BCUT2D eigenvalue weighted by Crippen LogP contribution is -2.09. The molecule has 176 valence electrons. The third kappa shape index (κ3) is 4.94. The van der Waals surface area contributed by atoms with Gasteiger partial charge in [-0.1, -0.05) is 127 Å². The summed E-state index contributed by atoms with van der Waals surface area (Å²) < 4.78 is 109. The molecule has 0 spiro atoms. The van der Waals surface area contributed by atoms with E-state index in [2.05, 4.69) is 0 Å². The highest BCUT2D eigenvalue weighted by Gasteiger charge is 2.13. The van der Waals surface area contributed by atoms with Crippen molar-refractivity contribution in [1.29, 1.82) is 0 Å². The van der Waals surface area contributed by atoms with E-state index in [1.165, 1.54) is 0 Å². The van der Waals surface area contributed by atoms with E-state index in [0.717, 1.165) is 4.90 Å². The maximum Gasteiger partial charge on any atom is 0.0645 e. The second-order valence-corrected chi connectivity index (χ2v) is 8.10. The molecule has 0 aromatic heterocycles. The molecule has 0 amide bonds. The lowest BCUT2D eigenvalue weighted by molar-refractivity contribution is 1.28. The van der Waals surface area contributed by atoms with Crippen molar-refractivity contribution in [1.82, 2.24) is 0 Å². The molecule has 1 nitrogen and oxygen atoms in total. The van der Waals surface area contributed by atoms with Crippen molar-refractivity contribution in [3.63, 3.8) is 0 Å². The molecule has 0 N–H and O–H groups in total. The Labute approximate surface area is 235 Å². The van der Waals surface area contributed by atoms with Crippen LogP contribution in [-0.4, -0.2) is 0 Å². The number of hydrogen-bond donors (Lipinski definition) is 0. The first kappa shape index (κ1) is 12.9. The van der Waals surface area contributed by atoms with Gasteiger partial charge < -0.3 is 4.90 Å². The van der Waals surface area contributed by atoms with Crippen molar-refractivity contribution < 1.29 is 16.4 Å². The van der Waals surface area contributed by atoms with Crippen LogP contribution in [0, 0.1) is 0 Å². The smallest absolute Gasteiger partial charge is 0.0645 e. The standard InChI is InChI=1S/C36H27N/c1-4-10-28(11-5-1)31-16-22-34(23-17-31)37(35-24-18-32(19-25-35)29-12-6-2-7-13-29)36-26-20-33(21-27-36)30-14-8-3-9-15-30/h1-27H/i16D,17D,18D,19D,20D,21D,22D,23D,24D,25D,26D,27D. The third-order valence-electron chi connectivity index (χ3n) is 5.69. The van der Waals surface area contributed by atoms with Crippen LogP contribution in [0.15, 0.2) is 164 Å². The van der Waals surface area contributed by atoms with Crippen LogP contribution in [0.1, 0.15) is 16.4 Å². The molecule has 0 saturated carbocycles. The number of hydrogen-bond acceptors (Lipinski definition) is 1. The summed E-state index contributed by atoms with van der Waals surface area (Å²) in [5.74, 6) is 0. The summed E-state index contributed by atoms with van der Waals surface area (Å²) in [7, 11) is 0. The van der Waals surface area contributed by atoms with E-state index in [0.29, 0.717) is 16.7 Å². The normalized spacial score (nSPS) is 15.2. The van der Waals surface area contributed by atoms with Gasteiger partial charge in [-0.2, -0.15) is 0 Å². The van der Waals surface area contributed by atoms with Gasteiger partial charge in [0.2, 0.25) is 0 Å². The maximum absolute atomic E-state index is 9.14. The Kier molecular flexibility index (Phi) is 3.62. The van der Waals surface area contributed by atoms with Crippen molar-refractivity contribution in [2.24, 2.45) is 0 Å². The number of benzene rings is 6. The Morgan fingerprint density at radius 2 is 0.541 bits per heavy atom. The summed E-state index contributed by atoms with van der Waals surface area (Å²) in [6, 6.07) is 18.2. The molecule has 0 unspecified atom stereocenters. The zero-order chi connectivity index (χ0) is 35.3. The first-order valence-electron chi connectivity index (χ1n) is 17.7. The second kappa shape index (κ2) is 10.4. The quantitative estimate of drug-likeness (QED) is 0.227. The van der Waals surface area contributed by atoms with Crippen LogP contribution >= 0.6 is 0 Å². The van der Waals surface area contributed by atoms with Gasteiger partial charge in [0.15, 0.2) is 0 Å². The van der Waals surface area contributed by atoms with E-state index in [9.17, 15) is 0 Å². The number of anilines is 3. The molecule has 6 aromatic rings. The summed E-state index contributed by atoms with van der Waals surface area (Å²) in [6.45, 7) is 0. The topological polar surface area (TPSA) is 3.24 Å². The third-order valence-corrected chi connectivity index (χ3v) is 5.69. The van der Waals surface area contributed by atoms with Gasteiger partial charge in [-0.05, 0) is 69.6 Å². The molecule has 6 aromatic carbocycles. The number of rotatable bonds is 6. The van der Waals surface area contributed by atoms with Gasteiger partial charge in [0, 0.05) is 17.1 Å². The molecule has 1 heteroatoms. The average molecular weight is 486 g/mol. The van der Waals surface area contributed by atoms with E-state index in [4.69, 9.17) is 16.4 Å². The molecule has 0 bridgehead atoms. The molecule has 0 fully saturated rings. The highest BCUT2D eigenvalue weighted by atomic mass is 15.1. The first-order chi connectivity index (χ1) is 23.4. The Balaban J connectivity index is 1.76. The van der Waals surface area contributed by atoms with Crippen molar-refractivity contribution in [2.75, 3.05) is 4.90 Å². The SMILES string of the molecule is [2H]c1c([2H])c(N(c2c([2H])c([2H])c(-c3ccccc3)c([2H])c2[2H])c2c([2H])c([2H])c(-c3ccccc3)c([2H])c2[2H])c([2H])c([2H])c1-c1ccccc1. The van der Waals surface area contributed by atoms with Crippen LogP contribution in [-0.2, 0) is 0 Å². The van der Waals surface area contributed by atoms with Crippen LogP contribution in [0.3, 0.4) is 0 Å². The minimum absolute atomic E-state index is 0.0303. The van der Waals surface area contributed by atoms with Crippen molar-refractivity contribution >= 4 is 17.1 Å². The first-order valence-corrected chi connectivity index (χ1v) is 11.7. The summed E-state index contributed by atoms with van der Waals surface area (Å²) in [5.41, 5.74) is -0.586. The molecule has 0 aliphatic heterocycles. The van der Waals surface area contributed by atoms with Gasteiger partial charge in [0.1, 0.15) is 0 Å². The zero-order valence-electron chi connectivity index (χ0n) is 31.6. The van der Waals surface area contributed by atoms with Gasteiger partial charge in [-0.25, -0.2) is 0 Å². The van der Waals surface area contributed by atoms with E-state index >= 15 is 0 Å². The fourth-order valence-corrected chi connectivity index (χ4v) is 3.84. The molecule has 0 aliphatic carbocycles. The fraction of sp³-hybridized carbons (Fsp3) is 0. The minimum atomic E-state index is -0.646. The monoisotopic (exact) mass is 485 g/mol. The Morgan fingerprint density at radius 3 is 0.784 bits per heavy atom. The largest absolute Gasteiger partial charge is 0.311 e. The van der Waals surface area contributed by atoms with Gasteiger partial charge in [-0.3, -0.25) is 0 Å². The highest BCUT2D eigenvalue weighted by molar-refractivity contribution is 5.81. The van der Waals surface area contributed by atoms with Gasteiger partial charge in [0.05, 0.1) is 16.4 Å². The van der Waals surface area contributed by atoms with Crippen molar-refractivity contribution in [2.45, 2.75) is 0 Å². The van der Waals surface area contributed by atoms with E-state index in [-0.39, 0.29) is 16.7 Å². The Hall–Kier alpha value is -4.88. The van der Waals surface area contributed by atoms with Gasteiger partial charge in [-0.15, -0.1) is 0 Å². The zero-order valence-corrected chi connectivity index (χ0v) is 19.6. The van der Waals surface area contributed by atoms with Crippen molar-refractivity contribution in [3.8, 4) is 33.4 Å². The van der Waals surface area contributed by atoms with Crippen LogP contribution in [0.4, 0.5) is 17.1 Å². The second-order valence-electron chi connectivity index (χ2n) is 8.10. The molecule has 0 radical (unpaired) electrons. The van der Waals surface area contributed by atoms with Crippen LogP contribution < -0.4 is 4.90 Å².